The summed E-state index contributed by atoms with van der Waals surface area (Å²) in [4.78, 5) is 28.4. The van der Waals surface area contributed by atoms with Crippen LogP contribution in [-0.4, -0.2) is 24.3 Å². The van der Waals surface area contributed by atoms with Gasteiger partial charge in [-0.25, -0.2) is 0 Å². The molecule has 6 rings (SSSR count). The van der Waals surface area contributed by atoms with Crippen LogP contribution in [0.5, 0.6) is 0 Å². The Morgan fingerprint density at radius 1 is 0.974 bits per heavy atom. The molecule has 1 heterocycles. The zero-order chi connectivity index (χ0) is 26.9. The van der Waals surface area contributed by atoms with E-state index in [0.29, 0.717) is 29.9 Å². The summed E-state index contributed by atoms with van der Waals surface area (Å²) in [5.74, 6) is 1.61. The first kappa shape index (κ1) is 25.9. The van der Waals surface area contributed by atoms with E-state index in [4.69, 9.17) is 0 Å². The minimum atomic E-state index is -4.39. The maximum Gasteiger partial charge on any atom is 0.416 e. The molecule has 4 aliphatic carbocycles. The zero-order valence-corrected chi connectivity index (χ0v) is 22.4. The number of alkyl halides is 3. The van der Waals surface area contributed by atoms with Gasteiger partial charge in [0.1, 0.15) is 0 Å². The lowest BCUT2D eigenvalue weighted by Crippen LogP contribution is -2.57. The molecule has 4 nitrogen and oxygen atoms in total. The molecule has 1 amide bonds. The molecule has 0 spiro atoms. The number of fused-ring (bicyclic) bond motifs is 5. The fourth-order valence-corrected chi connectivity index (χ4v) is 9.21. The number of nitrogens with one attached hydrogen (secondary N) is 1. The van der Waals surface area contributed by atoms with E-state index in [1.807, 2.05) is 11.0 Å². The first-order chi connectivity index (χ1) is 18.0. The number of amides is 1. The fourth-order valence-electron chi connectivity index (χ4n) is 9.21. The van der Waals surface area contributed by atoms with Crippen molar-refractivity contribution in [3.63, 3.8) is 0 Å². The third-order valence-electron chi connectivity index (χ3n) is 11.3. The number of rotatable bonds is 3. The lowest BCUT2D eigenvalue weighted by molar-refractivity contribution is -0.137. The van der Waals surface area contributed by atoms with Gasteiger partial charge >= 0.3 is 6.18 Å². The van der Waals surface area contributed by atoms with E-state index in [-0.39, 0.29) is 34.5 Å². The normalized spacial score (nSPS) is 37.1. The van der Waals surface area contributed by atoms with Crippen LogP contribution < -0.4 is 10.2 Å². The fraction of sp³-hybridized carbons (Fsp3) is 0.677. The second-order valence-corrected chi connectivity index (χ2v) is 13.1. The molecule has 0 unspecified atom stereocenters. The highest BCUT2D eigenvalue weighted by Crippen LogP contribution is 2.64. The SMILES string of the molecule is C[C@]12CC[C@H]3[C@@H](CNC4=CC(=O)CC[C@@]43C)[C@@H]1CC[C@@H]2C(=O)N(c1ccc(C(F)(F)F)cc1)C1CCCC1. The lowest BCUT2D eigenvalue weighted by Gasteiger charge is -2.58. The Hall–Kier alpha value is -2.31. The summed E-state index contributed by atoms with van der Waals surface area (Å²) in [5, 5.41) is 3.63. The number of hydrogen-bond acceptors (Lipinski definition) is 3. The number of allylic oxidation sites excluding steroid dienone is 2. The van der Waals surface area contributed by atoms with Crippen molar-refractivity contribution in [3.8, 4) is 0 Å². The molecule has 0 bridgehead atoms. The maximum absolute atomic E-state index is 14.4. The Morgan fingerprint density at radius 3 is 2.37 bits per heavy atom. The van der Waals surface area contributed by atoms with Crippen LogP contribution in [0.2, 0.25) is 0 Å². The predicted molar refractivity (Wildman–Crippen MR) is 140 cm³/mol. The van der Waals surface area contributed by atoms with E-state index in [0.717, 1.165) is 82.2 Å². The number of ketones is 1. The second kappa shape index (κ2) is 9.12. The zero-order valence-electron chi connectivity index (χ0n) is 22.4. The van der Waals surface area contributed by atoms with Gasteiger partial charge in [-0.15, -0.1) is 0 Å². The van der Waals surface area contributed by atoms with Gasteiger partial charge in [0.15, 0.2) is 5.78 Å². The van der Waals surface area contributed by atoms with E-state index in [2.05, 4.69) is 19.2 Å². The molecule has 5 aliphatic rings. The summed E-state index contributed by atoms with van der Waals surface area (Å²) >= 11 is 0. The first-order valence-corrected chi connectivity index (χ1v) is 14.5. The van der Waals surface area contributed by atoms with Crippen molar-refractivity contribution in [1.82, 2.24) is 5.32 Å². The minimum absolute atomic E-state index is 0.00361. The monoisotopic (exact) mass is 528 g/mol. The van der Waals surface area contributed by atoms with Crippen molar-refractivity contribution >= 4 is 17.4 Å². The number of benzene rings is 1. The van der Waals surface area contributed by atoms with Crippen LogP contribution in [-0.2, 0) is 15.8 Å². The molecule has 1 aromatic carbocycles. The van der Waals surface area contributed by atoms with E-state index in [1.165, 1.54) is 12.1 Å². The third-order valence-corrected chi connectivity index (χ3v) is 11.3. The molecule has 3 saturated carbocycles. The molecule has 1 saturated heterocycles. The highest BCUT2D eigenvalue weighted by atomic mass is 19.4. The van der Waals surface area contributed by atoms with Gasteiger partial charge in [-0.2, -0.15) is 13.2 Å². The number of anilines is 1. The Labute approximate surface area is 223 Å². The van der Waals surface area contributed by atoms with Crippen LogP contribution in [0.3, 0.4) is 0 Å². The number of nitrogens with zero attached hydrogens (tertiary/aromatic N) is 1. The highest BCUT2D eigenvalue weighted by Gasteiger charge is 2.61. The maximum atomic E-state index is 14.4. The van der Waals surface area contributed by atoms with Gasteiger partial charge < -0.3 is 10.2 Å². The van der Waals surface area contributed by atoms with Crippen LogP contribution in [0, 0.1) is 34.5 Å². The second-order valence-electron chi connectivity index (χ2n) is 13.1. The summed E-state index contributed by atoms with van der Waals surface area (Å²) in [6.45, 7) is 5.48. The molecule has 1 aromatic rings. The number of carbonyl (C=O) groups is 2. The highest BCUT2D eigenvalue weighted by molar-refractivity contribution is 5.96. The lowest BCUT2D eigenvalue weighted by atomic mass is 9.50. The van der Waals surface area contributed by atoms with E-state index >= 15 is 0 Å². The van der Waals surface area contributed by atoms with Gasteiger partial charge in [0.25, 0.3) is 0 Å². The molecule has 206 valence electrons. The largest absolute Gasteiger partial charge is 0.416 e. The van der Waals surface area contributed by atoms with Gasteiger partial charge in [-0.05, 0) is 92.4 Å². The predicted octanol–water partition coefficient (Wildman–Crippen LogP) is 6.90. The molecule has 38 heavy (non-hydrogen) atoms. The van der Waals surface area contributed by atoms with Crippen molar-refractivity contribution in [1.29, 1.82) is 0 Å². The molecule has 7 heteroatoms. The molecule has 4 fully saturated rings. The van der Waals surface area contributed by atoms with Crippen molar-refractivity contribution in [2.45, 2.75) is 90.3 Å². The van der Waals surface area contributed by atoms with Crippen LogP contribution in [0.1, 0.15) is 83.6 Å². The Kier molecular flexibility index (Phi) is 6.23. The van der Waals surface area contributed by atoms with Crippen LogP contribution >= 0.6 is 0 Å². The van der Waals surface area contributed by atoms with Crippen molar-refractivity contribution in [2.24, 2.45) is 34.5 Å². The molecule has 1 N–H and O–H groups in total. The summed E-state index contributed by atoms with van der Waals surface area (Å²) in [6, 6.07) is 5.28. The van der Waals surface area contributed by atoms with E-state index in [9.17, 15) is 22.8 Å². The van der Waals surface area contributed by atoms with Gasteiger partial charge in [0.2, 0.25) is 5.91 Å². The third kappa shape index (κ3) is 4.02. The number of hydrogen-bond donors (Lipinski definition) is 1. The minimum Gasteiger partial charge on any atom is -0.387 e. The molecular weight excluding hydrogens is 489 g/mol. The number of carbonyl (C=O) groups excluding carboxylic acids is 2. The quantitative estimate of drug-likeness (QED) is 0.465. The first-order valence-electron chi connectivity index (χ1n) is 14.5. The van der Waals surface area contributed by atoms with Gasteiger partial charge in [-0.1, -0.05) is 26.7 Å². The van der Waals surface area contributed by atoms with Gasteiger partial charge in [0.05, 0.1) is 5.56 Å². The molecule has 1 aliphatic heterocycles. The molecule has 6 atom stereocenters. The standard InChI is InChI=1S/C31H39F3N2O2/c1-29-16-14-25-23(18-35-27-17-22(37)13-15-30(25,27)2)24(29)11-12-26(29)28(38)36(20-5-3-4-6-20)21-9-7-19(8-10-21)31(32,33)34/h7-10,17,20,23-26,35H,3-6,11-16,18H2,1-2H3/t23-,24-,25-,26+,29-,30+/m0/s1. The smallest absolute Gasteiger partial charge is 0.387 e. The molecule has 0 aromatic heterocycles. The Balaban J connectivity index is 1.28. The van der Waals surface area contributed by atoms with Gasteiger partial charge in [-0.3, -0.25) is 9.59 Å². The van der Waals surface area contributed by atoms with Crippen LogP contribution in [0.15, 0.2) is 36.0 Å². The summed E-state index contributed by atoms with van der Waals surface area (Å²) in [6.07, 6.45) is 6.72. The average Bonchev–Trinajstić information content (AvgIpc) is 3.52. The summed E-state index contributed by atoms with van der Waals surface area (Å²) in [7, 11) is 0. The van der Waals surface area contributed by atoms with Crippen molar-refractivity contribution in [2.75, 3.05) is 11.4 Å². The molecule has 0 radical (unpaired) electrons. The number of halogens is 3. The Morgan fingerprint density at radius 2 is 1.68 bits per heavy atom. The average molecular weight is 529 g/mol. The van der Waals surface area contributed by atoms with Crippen LogP contribution in [0.25, 0.3) is 0 Å². The van der Waals surface area contributed by atoms with E-state index in [1.54, 1.807) is 0 Å². The van der Waals surface area contributed by atoms with Crippen LogP contribution in [0.4, 0.5) is 18.9 Å². The molecular formula is C31H39F3N2O2. The van der Waals surface area contributed by atoms with E-state index < -0.39 is 11.7 Å². The van der Waals surface area contributed by atoms with Crippen molar-refractivity contribution < 1.29 is 22.8 Å². The van der Waals surface area contributed by atoms with Crippen molar-refractivity contribution in [3.05, 3.63) is 41.6 Å². The number of piperidine rings is 1. The Bertz CT molecular complexity index is 1140. The summed E-state index contributed by atoms with van der Waals surface area (Å²) < 4.78 is 39.7. The topological polar surface area (TPSA) is 49.4 Å². The summed E-state index contributed by atoms with van der Waals surface area (Å²) in [5.41, 5.74) is 0.909. The van der Waals surface area contributed by atoms with Gasteiger partial charge in [0, 0.05) is 47.8 Å².